The van der Waals surface area contributed by atoms with Crippen LogP contribution >= 0.6 is 0 Å². The number of aromatic nitrogens is 3. The molecule has 2 aromatic heterocycles. The number of benzene rings is 1. The number of pyridine rings is 1. The molecule has 0 saturated carbocycles. The van der Waals surface area contributed by atoms with Crippen molar-refractivity contribution in [1.29, 1.82) is 0 Å². The van der Waals surface area contributed by atoms with Gasteiger partial charge in [-0.2, -0.15) is 5.10 Å². The van der Waals surface area contributed by atoms with Crippen LogP contribution in [0.25, 0.3) is 10.9 Å². The van der Waals surface area contributed by atoms with E-state index in [0.29, 0.717) is 5.69 Å². The van der Waals surface area contributed by atoms with Crippen molar-refractivity contribution in [2.75, 3.05) is 0 Å². The first-order chi connectivity index (χ1) is 11.1. The molecule has 0 spiro atoms. The van der Waals surface area contributed by atoms with E-state index in [1.807, 2.05) is 57.3 Å². The Bertz CT molecular complexity index is 853. The van der Waals surface area contributed by atoms with Crippen molar-refractivity contribution in [3.05, 3.63) is 59.5 Å². The van der Waals surface area contributed by atoms with E-state index in [1.165, 1.54) is 0 Å². The molecule has 23 heavy (non-hydrogen) atoms. The molecule has 118 valence electrons. The molecule has 1 aromatic carbocycles. The highest BCUT2D eigenvalue weighted by molar-refractivity contribution is 6.04. The van der Waals surface area contributed by atoms with Crippen molar-refractivity contribution >= 4 is 16.8 Å². The standard InChI is InChI=1S/C18H20N4O/c1-4-14(15-11-12(2)9-10-19-15)20-18(23)17-13-7-5-6-8-16(13)22(3)21-17/h5-11,14H,4H2,1-3H3,(H,20,23)/t14-/m0/s1. The second-order valence-corrected chi connectivity index (χ2v) is 5.68. The van der Waals surface area contributed by atoms with Crippen molar-refractivity contribution in [1.82, 2.24) is 20.1 Å². The fourth-order valence-electron chi connectivity index (χ4n) is 2.74. The molecule has 5 heteroatoms. The molecule has 0 saturated heterocycles. The Morgan fingerprint density at radius 1 is 1.30 bits per heavy atom. The number of para-hydroxylation sites is 1. The molecule has 0 aliphatic rings. The molecule has 0 radical (unpaired) electrons. The van der Waals surface area contributed by atoms with E-state index in [9.17, 15) is 4.79 Å². The van der Waals surface area contributed by atoms with Gasteiger partial charge in [0.25, 0.3) is 5.91 Å². The lowest BCUT2D eigenvalue weighted by Crippen LogP contribution is -2.29. The topological polar surface area (TPSA) is 59.8 Å². The van der Waals surface area contributed by atoms with Gasteiger partial charge in [0.15, 0.2) is 5.69 Å². The molecule has 0 bridgehead atoms. The van der Waals surface area contributed by atoms with Crippen LogP contribution in [0.5, 0.6) is 0 Å². The number of amides is 1. The summed E-state index contributed by atoms with van der Waals surface area (Å²) in [5, 5.41) is 8.29. The fraction of sp³-hybridized carbons (Fsp3) is 0.278. The van der Waals surface area contributed by atoms with E-state index in [-0.39, 0.29) is 11.9 Å². The highest BCUT2D eigenvalue weighted by Crippen LogP contribution is 2.20. The first-order valence-corrected chi connectivity index (χ1v) is 7.75. The average Bonchev–Trinajstić information content (AvgIpc) is 2.90. The first-order valence-electron chi connectivity index (χ1n) is 7.75. The van der Waals surface area contributed by atoms with Crippen LogP contribution in [0, 0.1) is 6.92 Å². The maximum atomic E-state index is 12.7. The minimum Gasteiger partial charge on any atom is -0.342 e. The van der Waals surface area contributed by atoms with E-state index >= 15 is 0 Å². The Morgan fingerprint density at radius 2 is 2.09 bits per heavy atom. The number of fused-ring (bicyclic) bond motifs is 1. The largest absolute Gasteiger partial charge is 0.342 e. The van der Waals surface area contributed by atoms with E-state index in [1.54, 1.807) is 10.9 Å². The maximum Gasteiger partial charge on any atom is 0.272 e. The summed E-state index contributed by atoms with van der Waals surface area (Å²) in [6, 6.07) is 11.6. The molecule has 1 atom stereocenters. The minimum absolute atomic E-state index is 0.122. The minimum atomic E-state index is -0.169. The Hall–Kier alpha value is -2.69. The number of rotatable bonds is 4. The van der Waals surface area contributed by atoms with Crippen LogP contribution in [0.1, 0.15) is 41.1 Å². The number of nitrogens with one attached hydrogen (secondary N) is 1. The van der Waals surface area contributed by atoms with Crippen LogP contribution in [0.15, 0.2) is 42.6 Å². The molecule has 1 N–H and O–H groups in total. The van der Waals surface area contributed by atoms with E-state index < -0.39 is 0 Å². The van der Waals surface area contributed by atoms with Gasteiger partial charge in [0.1, 0.15) is 0 Å². The molecular formula is C18H20N4O. The van der Waals surface area contributed by atoms with Crippen molar-refractivity contribution in [3.8, 4) is 0 Å². The molecule has 5 nitrogen and oxygen atoms in total. The second kappa shape index (κ2) is 6.20. The highest BCUT2D eigenvalue weighted by Gasteiger charge is 2.20. The predicted octanol–water partition coefficient (Wildman–Crippen LogP) is 3.16. The monoisotopic (exact) mass is 308 g/mol. The Morgan fingerprint density at radius 3 is 2.83 bits per heavy atom. The highest BCUT2D eigenvalue weighted by atomic mass is 16.2. The summed E-state index contributed by atoms with van der Waals surface area (Å²) in [6.45, 7) is 4.05. The van der Waals surface area contributed by atoms with Crippen LogP contribution in [0.2, 0.25) is 0 Å². The lowest BCUT2D eigenvalue weighted by molar-refractivity contribution is 0.0930. The van der Waals surface area contributed by atoms with Crippen molar-refractivity contribution in [3.63, 3.8) is 0 Å². The van der Waals surface area contributed by atoms with Crippen molar-refractivity contribution in [2.24, 2.45) is 7.05 Å². The van der Waals surface area contributed by atoms with Gasteiger partial charge in [-0.3, -0.25) is 14.5 Å². The molecule has 0 aliphatic carbocycles. The molecule has 0 aliphatic heterocycles. The van der Waals surface area contributed by atoms with Gasteiger partial charge in [-0.15, -0.1) is 0 Å². The number of carbonyl (C=O) groups excluding carboxylic acids is 1. The van der Waals surface area contributed by atoms with Gasteiger partial charge >= 0.3 is 0 Å². The van der Waals surface area contributed by atoms with Gasteiger partial charge in [-0.25, -0.2) is 0 Å². The van der Waals surface area contributed by atoms with Gasteiger partial charge in [-0.1, -0.05) is 25.1 Å². The van der Waals surface area contributed by atoms with E-state index in [2.05, 4.69) is 15.4 Å². The average molecular weight is 308 g/mol. The Kier molecular flexibility index (Phi) is 4.10. The van der Waals surface area contributed by atoms with Crippen molar-refractivity contribution in [2.45, 2.75) is 26.3 Å². The summed E-state index contributed by atoms with van der Waals surface area (Å²) in [7, 11) is 1.85. The Labute approximate surface area is 135 Å². The third kappa shape index (κ3) is 2.95. The lowest BCUT2D eigenvalue weighted by Gasteiger charge is -2.16. The van der Waals surface area contributed by atoms with Gasteiger partial charge in [-0.05, 0) is 37.1 Å². The summed E-state index contributed by atoms with van der Waals surface area (Å²) in [5.41, 5.74) is 3.40. The predicted molar refractivity (Wildman–Crippen MR) is 90.2 cm³/mol. The van der Waals surface area contributed by atoms with Crippen molar-refractivity contribution < 1.29 is 4.79 Å². The molecule has 2 heterocycles. The summed E-state index contributed by atoms with van der Waals surface area (Å²) in [4.78, 5) is 17.1. The second-order valence-electron chi connectivity index (χ2n) is 5.68. The molecule has 1 amide bonds. The van der Waals surface area contributed by atoms with Crippen LogP contribution < -0.4 is 5.32 Å². The van der Waals surface area contributed by atoms with Crippen LogP contribution in [-0.2, 0) is 7.05 Å². The fourth-order valence-corrected chi connectivity index (χ4v) is 2.74. The molecule has 0 fully saturated rings. The Balaban J connectivity index is 1.90. The molecule has 3 rings (SSSR count). The summed E-state index contributed by atoms with van der Waals surface area (Å²) >= 11 is 0. The smallest absolute Gasteiger partial charge is 0.272 e. The van der Waals surface area contributed by atoms with Gasteiger partial charge < -0.3 is 5.32 Å². The van der Waals surface area contributed by atoms with Crippen LogP contribution in [-0.4, -0.2) is 20.7 Å². The SMILES string of the molecule is CC[C@H](NC(=O)c1nn(C)c2ccccc12)c1cc(C)ccn1. The van der Waals surface area contributed by atoms with E-state index in [0.717, 1.165) is 28.6 Å². The number of aryl methyl sites for hydroxylation is 2. The first kappa shape index (κ1) is 15.2. The number of hydrogen-bond donors (Lipinski definition) is 1. The molecular weight excluding hydrogens is 288 g/mol. The number of nitrogens with zero attached hydrogens (tertiary/aromatic N) is 3. The normalized spacial score (nSPS) is 12.3. The van der Waals surface area contributed by atoms with Gasteiger partial charge in [0.05, 0.1) is 17.3 Å². The summed E-state index contributed by atoms with van der Waals surface area (Å²) in [5.74, 6) is -0.169. The third-order valence-electron chi connectivity index (χ3n) is 3.98. The summed E-state index contributed by atoms with van der Waals surface area (Å²) < 4.78 is 1.73. The van der Waals surface area contributed by atoms with Gasteiger partial charge in [0, 0.05) is 18.6 Å². The van der Waals surface area contributed by atoms with Gasteiger partial charge in [0.2, 0.25) is 0 Å². The van der Waals surface area contributed by atoms with E-state index in [4.69, 9.17) is 0 Å². The number of carbonyl (C=O) groups is 1. The molecule has 0 unspecified atom stereocenters. The quantitative estimate of drug-likeness (QED) is 0.805. The van der Waals surface area contributed by atoms with Crippen LogP contribution in [0.4, 0.5) is 0 Å². The molecule has 3 aromatic rings. The lowest BCUT2D eigenvalue weighted by atomic mass is 10.1. The maximum absolute atomic E-state index is 12.7. The van der Waals surface area contributed by atoms with Crippen LogP contribution in [0.3, 0.4) is 0 Å². The zero-order valence-corrected chi connectivity index (χ0v) is 13.6. The zero-order chi connectivity index (χ0) is 16.4. The third-order valence-corrected chi connectivity index (χ3v) is 3.98. The number of hydrogen-bond acceptors (Lipinski definition) is 3. The summed E-state index contributed by atoms with van der Waals surface area (Å²) in [6.07, 6.45) is 2.54. The zero-order valence-electron chi connectivity index (χ0n) is 13.6.